The first kappa shape index (κ1) is 29.0. The lowest BCUT2D eigenvalue weighted by Gasteiger charge is -2.29. The second kappa shape index (κ2) is 12.6. The Kier molecular flexibility index (Phi) is 8.67. The molecule has 0 saturated carbocycles. The number of anilines is 1. The molecule has 1 N–H and O–H groups in total. The summed E-state index contributed by atoms with van der Waals surface area (Å²) >= 11 is 0. The van der Waals surface area contributed by atoms with Crippen molar-refractivity contribution < 1.29 is 14.7 Å². The molecular formula is C35H38N4O3. The summed E-state index contributed by atoms with van der Waals surface area (Å²) in [6.07, 6.45) is 3.71. The number of aryl methyl sites for hydroxylation is 2. The van der Waals surface area contributed by atoms with Gasteiger partial charge >= 0.3 is 5.97 Å². The van der Waals surface area contributed by atoms with Crippen molar-refractivity contribution in [2.24, 2.45) is 0 Å². The summed E-state index contributed by atoms with van der Waals surface area (Å²) in [7, 11) is 0. The number of amides is 1. The molecule has 1 aliphatic heterocycles. The summed E-state index contributed by atoms with van der Waals surface area (Å²) in [6, 6.07) is 26.4. The third-order valence-corrected chi connectivity index (χ3v) is 7.80. The zero-order chi connectivity index (χ0) is 29.7. The Bertz CT molecular complexity index is 1550. The fourth-order valence-electron chi connectivity index (χ4n) is 5.37. The van der Waals surface area contributed by atoms with Gasteiger partial charge in [0.1, 0.15) is 6.54 Å². The highest BCUT2D eigenvalue weighted by Gasteiger charge is 2.25. The highest BCUT2D eigenvalue weighted by atomic mass is 16.4. The van der Waals surface area contributed by atoms with E-state index in [0.717, 1.165) is 24.1 Å². The molecule has 3 aromatic carbocycles. The van der Waals surface area contributed by atoms with Crippen LogP contribution in [0.5, 0.6) is 0 Å². The summed E-state index contributed by atoms with van der Waals surface area (Å²) in [5.74, 6) is -0.855. The Morgan fingerprint density at radius 3 is 2.26 bits per heavy atom. The number of carbonyl (C=O) groups is 2. The number of nitrogens with zero attached hydrogens (tertiary/aromatic N) is 4. The largest absolute Gasteiger partial charge is 0.480 e. The van der Waals surface area contributed by atoms with Crippen molar-refractivity contribution in [3.63, 3.8) is 0 Å². The molecule has 0 spiro atoms. The number of benzene rings is 3. The highest BCUT2D eigenvalue weighted by molar-refractivity contribution is 5.96. The number of hydrogen-bond acceptors (Lipinski definition) is 5. The quantitative estimate of drug-likeness (QED) is 0.276. The van der Waals surface area contributed by atoms with Crippen molar-refractivity contribution in [1.82, 2.24) is 14.9 Å². The van der Waals surface area contributed by atoms with E-state index in [0.29, 0.717) is 36.6 Å². The van der Waals surface area contributed by atoms with Gasteiger partial charge in [-0.25, -0.2) is 9.97 Å². The Morgan fingerprint density at radius 2 is 1.57 bits per heavy atom. The van der Waals surface area contributed by atoms with Crippen LogP contribution in [0, 0.1) is 0 Å². The Balaban J connectivity index is 1.45. The smallest absolute Gasteiger partial charge is 0.323 e. The Morgan fingerprint density at radius 1 is 0.881 bits per heavy atom. The maximum atomic E-state index is 13.9. The molecule has 1 amide bonds. The van der Waals surface area contributed by atoms with Gasteiger partial charge in [0.15, 0.2) is 0 Å². The lowest BCUT2D eigenvalue weighted by atomic mass is 9.86. The van der Waals surface area contributed by atoms with Gasteiger partial charge in [0.2, 0.25) is 5.95 Å². The summed E-state index contributed by atoms with van der Waals surface area (Å²) in [6.45, 7) is 7.85. The molecule has 4 aromatic rings. The van der Waals surface area contributed by atoms with Crippen LogP contribution in [-0.4, -0.2) is 44.9 Å². The number of fused-ring (bicyclic) bond motifs is 1. The van der Waals surface area contributed by atoms with Crippen molar-refractivity contribution in [2.75, 3.05) is 18.0 Å². The van der Waals surface area contributed by atoms with Crippen molar-refractivity contribution >= 4 is 17.8 Å². The third kappa shape index (κ3) is 7.03. The molecule has 216 valence electrons. The van der Waals surface area contributed by atoms with Gasteiger partial charge in [-0.15, -0.1) is 0 Å². The molecule has 7 heteroatoms. The maximum Gasteiger partial charge on any atom is 0.323 e. The number of aromatic nitrogens is 2. The lowest BCUT2D eigenvalue weighted by molar-refractivity contribution is -0.137. The normalized spacial score (nSPS) is 13.0. The maximum absolute atomic E-state index is 13.9. The van der Waals surface area contributed by atoms with Gasteiger partial charge in [0, 0.05) is 25.8 Å². The van der Waals surface area contributed by atoms with Gasteiger partial charge in [-0.3, -0.25) is 9.59 Å². The number of carbonyl (C=O) groups excluding carboxylic acids is 1. The predicted octanol–water partition coefficient (Wildman–Crippen LogP) is 5.85. The number of aliphatic carboxylic acids is 1. The van der Waals surface area contributed by atoms with Crippen molar-refractivity contribution in [1.29, 1.82) is 0 Å². The molecule has 5 rings (SSSR count). The molecular weight excluding hydrogens is 524 g/mol. The van der Waals surface area contributed by atoms with Crippen LogP contribution >= 0.6 is 0 Å². The van der Waals surface area contributed by atoms with Crippen LogP contribution in [0.3, 0.4) is 0 Å². The fourth-order valence-corrected chi connectivity index (χ4v) is 5.37. The summed E-state index contributed by atoms with van der Waals surface area (Å²) in [4.78, 5) is 38.7. The molecule has 2 heterocycles. The second-order valence-corrected chi connectivity index (χ2v) is 12.0. The monoisotopic (exact) mass is 562 g/mol. The van der Waals surface area contributed by atoms with Gasteiger partial charge < -0.3 is 14.9 Å². The standard InChI is InChI=1S/C35H38N4O3/c1-35(2,3)29-16-13-25(14-17-29)15-18-31-30(33(42)39(24-32(40)41)22-26-9-5-4-6-10-26)21-36-34(37-31)38-20-19-27-11-7-8-12-28(27)23-38/h4-14,16-17,21H,15,18-20,22-24H2,1-3H3,(H,40,41). The third-order valence-electron chi connectivity index (χ3n) is 7.80. The van der Waals surface area contributed by atoms with Crippen LogP contribution in [0.4, 0.5) is 5.95 Å². The molecule has 1 aliphatic rings. The summed E-state index contributed by atoms with van der Waals surface area (Å²) in [5.41, 5.74) is 6.92. The van der Waals surface area contributed by atoms with Crippen molar-refractivity contribution in [3.05, 3.63) is 124 Å². The zero-order valence-electron chi connectivity index (χ0n) is 24.6. The van der Waals surface area contributed by atoms with E-state index in [4.69, 9.17) is 4.98 Å². The van der Waals surface area contributed by atoms with E-state index in [2.05, 4.69) is 73.1 Å². The molecule has 0 aliphatic carbocycles. The van der Waals surface area contributed by atoms with E-state index in [1.165, 1.54) is 21.6 Å². The van der Waals surface area contributed by atoms with Crippen molar-refractivity contribution in [2.45, 2.75) is 58.5 Å². The van der Waals surface area contributed by atoms with Gasteiger partial charge in [0.05, 0.1) is 11.3 Å². The molecule has 0 atom stereocenters. The van der Waals surface area contributed by atoms with Crippen LogP contribution < -0.4 is 4.90 Å². The van der Waals surface area contributed by atoms with Crippen LogP contribution in [0.2, 0.25) is 0 Å². The number of hydrogen-bond donors (Lipinski definition) is 1. The van der Waals surface area contributed by atoms with Gasteiger partial charge in [-0.1, -0.05) is 99.6 Å². The van der Waals surface area contributed by atoms with E-state index in [-0.39, 0.29) is 17.9 Å². The Labute approximate surface area is 247 Å². The van der Waals surface area contributed by atoms with Crippen LogP contribution in [0.15, 0.2) is 85.1 Å². The zero-order valence-corrected chi connectivity index (χ0v) is 24.6. The first-order chi connectivity index (χ1) is 20.2. The fraction of sp³-hybridized carbons (Fsp3) is 0.314. The Hall–Kier alpha value is -4.52. The van der Waals surface area contributed by atoms with E-state index < -0.39 is 12.5 Å². The van der Waals surface area contributed by atoms with Crippen LogP contribution in [0.1, 0.15) is 64.6 Å². The SMILES string of the molecule is CC(C)(C)c1ccc(CCc2nc(N3CCc4ccccc4C3)ncc2C(=O)N(CC(=O)O)Cc2ccccc2)cc1. The van der Waals surface area contributed by atoms with Crippen molar-refractivity contribution in [3.8, 4) is 0 Å². The van der Waals surface area contributed by atoms with Gasteiger partial charge in [-0.2, -0.15) is 0 Å². The first-order valence-electron chi connectivity index (χ1n) is 14.5. The molecule has 42 heavy (non-hydrogen) atoms. The number of rotatable bonds is 9. The molecule has 7 nitrogen and oxygen atoms in total. The number of carboxylic acids is 1. The highest BCUT2D eigenvalue weighted by Crippen LogP contribution is 2.25. The molecule has 1 aromatic heterocycles. The minimum absolute atomic E-state index is 0.0685. The molecule has 0 saturated heterocycles. The van der Waals surface area contributed by atoms with Gasteiger partial charge in [-0.05, 0) is 52.5 Å². The number of carboxylic acid groups (broad SMARTS) is 1. The summed E-state index contributed by atoms with van der Waals surface area (Å²) in [5, 5.41) is 9.62. The topological polar surface area (TPSA) is 86.6 Å². The van der Waals surface area contributed by atoms with E-state index >= 15 is 0 Å². The van der Waals surface area contributed by atoms with E-state index in [9.17, 15) is 14.7 Å². The second-order valence-electron chi connectivity index (χ2n) is 12.0. The molecule has 0 bridgehead atoms. The molecule has 0 fully saturated rings. The van der Waals surface area contributed by atoms with Crippen LogP contribution in [0.25, 0.3) is 0 Å². The molecule has 0 radical (unpaired) electrons. The van der Waals surface area contributed by atoms with Gasteiger partial charge in [0.25, 0.3) is 5.91 Å². The lowest BCUT2D eigenvalue weighted by Crippen LogP contribution is -2.36. The van der Waals surface area contributed by atoms with Crippen LogP contribution in [-0.2, 0) is 42.6 Å². The van der Waals surface area contributed by atoms with E-state index in [1.54, 1.807) is 6.20 Å². The van der Waals surface area contributed by atoms with E-state index in [1.807, 2.05) is 36.4 Å². The average Bonchev–Trinajstić information content (AvgIpc) is 2.99. The average molecular weight is 563 g/mol. The summed E-state index contributed by atoms with van der Waals surface area (Å²) < 4.78 is 0. The minimum atomic E-state index is -1.07. The minimum Gasteiger partial charge on any atom is -0.480 e. The first-order valence-corrected chi connectivity index (χ1v) is 14.5. The predicted molar refractivity (Wildman–Crippen MR) is 165 cm³/mol. The molecule has 0 unspecified atom stereocenters.